The summed E-state index contributed by atoms with van der Waals surface area (Å²) in [5.41, 5.74) is 6.83. The van der Waals surface area contributed by atoms with Crippen LogP contribution in [0.2, 0.25) is 0 Å². The Morgan fingerprint density at radius 3 is 2.89 bits per heavy atom. The summed E-state index contributed by atoms with van der Waals surface area (Å²) in [6.45, 7) is 2.73. The number of thiophene rings is 1. The normalized spacial score (nSPS) is 19.9. The maximum atomic E-state index is 12.5. The highest BCUT2D eigenvalue weighted by Crippen LogP contribution is 2.30. The number of likely N-dealkylation sites (tertiary alicyclic amines) is 1. The molecule has 18 heavy (non-hydrogen) atoms. The van der Waals surface area contributed by atoms with Crippen LogP contribution in [0.15, 0.2) is 9.85 Å². The molecule has 0 saturated carbocycles. The van der Waals surface area contributed by atoms with Crippen molar-refractivity contribution in [3.8, 4) is 0 Å². The lowest BCUT2D eigenvalue weighted by molar-refractivity contribution is 0.0686. The Hall–Kier alpha value is -0.460. The van der Waals surface area contributed by atoms with Gasteiger partial charge in [-0.3, -0.25) is 4.79 Å². The third kappa shape index (κ3) is 2.75. The summed E-state index contributed by atoms with van der Waals surface area (Å²) >= 11 is 9.99. The number of nitrogens with two attached hydrogens (primary N) is 1. The number of amides is 1. The summed E-state index contributed by atoms with van der Waals surface area (Å²) < 4.78 is 1.01. The molecule has 2 N–H and O–H groups in total. The molecule has 1 atom stereocenters. The standard InChI is InChI=1S/C12H15BrN2OS2/c1-7-6-9(18-10(7)13)12(16)15-5-3-2-4-8(15)11(14)17/h6,8H,2-5H2,1H3,(H2,14,17). The van der Waals surface area contributed by atoms with E-state index in [-0.39, 0.29) is 11.9 Å². The summed E-state index contributed by atoms with van der Waals surface area (Å²) in [6.07, 6.45) is 2.99. The minimum Gasteiger partial charge on any atom is -0.392 e. The number of rotatable bonds is 2. The number of hydrogen-bond acceptors (Lipinski definition) is 3. The van der Waals surface area contributed by atoms with Gasteiger partial charge in [0.25, 0.3) is 5.91 Å². The zero-order chi connectivity index (χ0) is 13.3. The fourth-order valence-electron chi connectivity index (χ4n) is 2.18. The zero-order valence-corrected chi connectivity index (χ0v) is 13.3. The number of hydrogen-bond donors (Lipinski definition) is 1. The van der Waals surface area contributed by atoms with Crippen molar-refractivity contribution in [2.45, 2.75) is 32.2 Å². The molecule has 6 heteroatoms. The molecule has 98 valence electrons. The molecule has 0 bridgehead atoms. The molecule has 1 aromatic heterocycles. The third-order valence-electron chi connectivity index (χ3n) is 3.16. The first-order chi connectivity index (χ1) is 8.50. The zero-order valence-electron chi connectivity index (χ0n) is 10.1. The van der Waals surface area contributed by atoms with Crippen LogP contribution in [0.3, 0.4) is 0 Å². The van der Waals surface area contributed by atoms with Crippen LogP contribution in [-0.2, 0) is 0 Å². The van der Waals surface area contributed by atoms with Crippen molar-refractivity contribution in [2.24, 2.45) is 5.73 Å². The van der Waals surface area contributed by atoms with Gasteiger partial charge < -0.3 is 10.6 Å². The lowest BCUT2D eigenvalue weighted by Crippen LogP contribution is -2.49. The molecular weight excluding hydrogens is 332 g/mol. The summed E-state index contributed by atoms with van der Waals surface area (Å²) in [5.74, 6) is 0.0475. The Balaban J connectivity index is 2.23. The van der Waals surface area contributed by atoms with Crippen LogP contribution in [0.25, 0.3) is 0 Å². The van der Waals surface area contributed by atoms with Crippen molar-refractivity contribution >= 4 is 50.4 Å². The second-order valence-corrected chi connectivity index (χ2v) is 7.32. The molecule has 2 rings (SSSR count). The monoisotopic (exact) mass is 346 g/mol. The Morgan fingerprint density at radius 1 is 1.61 bits per heavy atom. The first kappa shape index (κ1) is 14.0. The van der Waals surface area contributed by atoms with E-state index in [2.05, 4.69) is 15.9 Å². The van der Waals surface area contributed by atoms with Gasteiger partial charge in [-0.2, -0.15) is 0 Å². The topological polar surface area (TPSA) is 46.3 Å². The summed E-state index contributed by atoms with van der Waals surface area (Å²) in [6, 6.07) is 1.84. The lowest BCUT2D eigenvalue weighted by atomic mass is 10.0. The Kier molecular flexibility index (Phi) is 4.40. The van der Waals surface area contributed by atoms with Crippen LogP contribution >= 0.6 is 39.5 Å². The van der Waals surface area contributed by atoms with Gasteiger partial charge in [0.15, 0.2) is 0 Å². The molecule has 1 aromatic rings. The molecule has 0 aliphatic carbocycles. The van der Waals surface area contributed by atoms with Gasteiger partial charge in [0.05, 0.1) is 19.7 Å². The number of aryl methyl sites for hydroxylation is 1. The maximum absolute atomic E-state index is 12.5. The van der Waals surface area contributed by atoms with E-state index in [1.165, 1.54) is 11.3 Å². The van der Waals surface area contributed by atoms with Gasteiger partial charge in [-0.15, -0.1) is 11.3 Å². The van der Waals surface area contributed by atoms with E-state index >= 15 is 0 Å². The minimum absolute atomic E-state index is 0.0475. The van der Waals surface area contributed by atoms with E-state index in [9.17, 15) is 4.79 Å². The summed E-state index contributed by atoms with van der Waals surface area (Å²) in [4.78, 5) is 15.5. The summed E-state index contributed by atoms with van der Waals surface area (Å²) in [7, 11) is 0. The number of carbonyl (C=O) groups excluding carboxylic acids is 1. The molecule has 3 nitrogen and oxygen atoms in total. The molecular formula is C12H15BrN2OS2. The predicted molar refractivity (Wildman–Crippen MR) is 82.2 cm³/mol. The first-order valence-corrected chi connectivity index (χ1v) is 7.88. The van der Waals surface area contributed by atoms with Gasteiger partial charge in [0, 0.05) is 6.54 Å². The van der Waals surface area contributed by atoms with Crippen LogP contribution < -0.4 is 5.73 Å². The van der Waals surface area contributed by atoms with Gasteiger partial charge in [-0.1, -0.05) is 12.2 Å². The van der Waals surface area contributed by atoms with Gasteiger partial charge in [0.1, 0.15) is 0 Å². The molecule has 1 amide bonds. The first-order valence-electron chi connectivity index (χ1n) is 5.87. The molecule has 0 radical (unpaired) electrons. The van der Waals surface area contributed by atoms with Gasteiger partial charge in [-0.25, -0.2) is 0 Å². The number of nitrogens with zero attached hydrogens (tertiary/aromatic N) is 1. The molecule has 2 heterocycles. The Bertz CT molecular complexity index is 467. The van der Waals surface area contributed by atoms with Crippen molar-refractivity contribution < 1.29 is 4.79 Å². The predicted octanol–water partition coefficient (Wildman–Crippen LogP) is 3.10. The largest absolute Gasteiger partial charge is 0.392 e. The van der Waals surface area contributed by atoms with Crippen LogP contribution in [0.5, 0.6) is 0 Å². The SMILES string of the molecule is Cc1cc(C(=O)N2CCCCC2C(N)=S)sc1Br. The van der Waals surface area contributed by atoms with E-state index in [1.807, 2.05) is 17.9 Å². The maximum Gasteiger partial charge on any atom is 0.264 e. The van der Waals surface area contributed by atoms with E-state index in [1.54, 1.807) is 0 Å². The van der Waals surface area contributed by atoms with E-state index in [0.29, 0.717) is 4.99 Å². The highest BCUT2D eigenvalue weighted by molar-refractivity contribution is 9.11. The lowest BCUT2D eigenvalue weighted by Gasteiger charge is -2.34. The van der Waals surface area contributed by atoms with Crippen molar-refractivity contribution in [3.63, 3.8) is 0 Å². The Labute approximate surface area is 124 Å². The van der Waals surface area contributed by atoms with E-state index in [0.717, 1.165) is 40.0 Å². The number of carbonyl (C=O) groups is 1. The second-order valence-electron chi connectivity index (χ2n) is 4.48. The average molecular weight is 347 g/mol. The molecule has 0 spiro atoms. The van der Waals surface area contributed by atoms with Crippen LogP contribution in [0.4, 0.5) is 0 Å². The van der Waals surface area contributed by atoms with Gasteiger partial charge in [-0.05, 0) is 53.7 Å². The smallest absolute Gasteiger partial charge is 0.264 e. The van der Waals surface area contributed by atoms with Crippen molar-refractivity contribution in [1.82, 2.24) is 4.90 Å². The molecule has 1 fully saturated rings. The fraction of sp³-hybridized carbons (Fsp3) is 0.500. The molecule has 1 aliphatic rings. The van der Waals surface area contributed by atoms with Crippen LogP contribution in [0.1, 0.15) is 34.5 Å². The third-order valence-corrected chi connectivity index (χ3v) is 5.56. The Morgan fingerprint density at radius 2 is 2.33 bits per heavy atom. The minimum atomic E-state index is -0.0811. The number of piperidine rings is 1. The van der Waals surface area contributed by atoms with Crippen LogP contribution in [0, 0.1) is 6.92 Å². The van der Waals surface area contributed by atoms with Gasteiger partial charge >= 0.3 is 0 Å². The molecule has 1 saturated heterocycles. The van der Waals surface area contributed by atoms with Gasteiger partial charge in [0.2, 0.25) is 0 Å². The van der Waals surface area contributed by atoms with E-state index < -0.39 is 0 Å². The average Bonchev–Trinajstić information content (AvgIpc) is 2.68. The van der Waals surface area contributed by atoms with Crippen LogP contribution in [-0.4, -0.2) is 28.4 Å². The molecule has 0 aromatic carbocycles. The fourth-order valence-corrected chi connectivity index (χ4v) is 3.91. The highest BCUT2D eigenvalue weighted by atomic mass is 79.9. The molecule has 1 unspecified atom stereocenters. The molecule has 1 aliphatic heterocycles. The van der Waals surface area contributed by atoms with Crippen molar-refractivity contribution in [1.29, 1.82) is 0 Å². The number of thiocarbonyl (C=S) groups is 1. The van der Waals surface area contributed by atoms with Crippen molar-refractivity contribution in [3.05, 3.63) is 20.3 Å². The quantitative estimate of drug-likeness (QED) is 0.837. The second kappa shape index (κ2) is 5.67. The number of halogens is 1. The summed E-state index contributed by atoms with van der Waals surface area (Å²) in [5, 5.41) is 0. The highest BCUT2D eigenvalue weighted by Gasteiger charge is 2.30. The van der Waals surface area contributed by atoms with Crippen molar-refractivity contribution in [2.75, 3.05) is 6.54 Å². The van der Waals surface area contributed by atoms with E-state index in [4.69, 9.17) is 18.0 Å².